The van der Waals surface area contributed by atoms with Crippen LogP contribution in [0.5, 0.6) is 5.75 Å². The number of primary amides is 1. The summed E-state index contributed by atoms with van der Waals surface area (Å²) in [5, 5.41) is 10.0. The molecule has 2 aromatic rings. The first-order valence-corrected chi connectivity index (χ1v) is 12.2. The standard InChI is InChI=1S/C24H25N3O7S/c1-2-3-16-34-19-10-12-20(13-11-19)35(32,33)27(24(25)31)15-7-14-26(17-21(27)23(29)30)22(28)18-8-5-4-6-9-18/h4-6,8-13,21H,7,14-17H2,1H3,(H2-,25,29,30,31)/p+1. The van der Waals surface area contributed by atoms with E-state index < -0.39 is 51.0 Å². The molecule has 0 aliphatic carbocycles. The second-order valence-electron chi connectivity index (χ2n) is 7.84. The van der Waals surface area contributed by atoms with Crippen molar-refractivity contribution in [2.75, 3.05) is 26.2 Å². The number of carbonyl (C=O) groups is 3. The summed E-state index contributed by atoms with van der Waals surface area (Å²) in [7, 11) is -4.64. The van der Waals surface area contributed by atoms with E-state index in [-0.39, 0.29) is 24.5 Å². The number of amides is 3. The van der Waals surface area contributed by atoms with Crippen LogP contribution in [0.25, 0.3) is 0 Å². The number of sulfonamides is 1. The summed E-state index contributed by atoms with van der Waals surface area (Å²) in [5.41, 5.74) is 5.94. The van der Waals surface area contributed by atoms with Crippen molar-refractivity contribution in [1.82, 2.24) is 4.90 Å². The van der Waals surface area contributed by atoms with Gasteiger partial charge in [-0.05, 0) is 43.3 Å². The molecule has 2 unspecified atom stereocenters. The van der Waals surface area contributed by atoms with Gasteiger partial charge in [-0.3, -0.25) is 4.79 Å². The zero-order chi connectivity index (χ0) is 25.6. The first-order chi connectivity index (χ1) is 16.6. The first kappa shape index (κ1) is 25.7. The molecule has 1 heterocycles. The van der Waals surface area contributed by atoms with Gasteiger partial charge in [-0.25, -0.2) is 9.59 Å². The highest BCUT2D eigenvalue weighted by atomic mass is 32.2. The van der Waals surface area contributed by atoms with Gasteiger partial charge in [-0.2, -0.15) is 8.42 Å². The van der Waals surface area contributed by atoms with Crippen LogP contribution in [0.2, 0.25) is 0 Å². The zero-order valence-corrected chi connectivity index (χ0v) is 19.9. The molecule has 1 aliphatic heterocycles. The van der Waals surface area contributed by atoms with Crippen LogP contribution in [0.1, 0.15) is 23.7 Å². The molecule has 3 N–H and O–H groups in total. The second kappa shape index (κ2) is 10.6. The average Bonchev–Trinajstić information content (AvgIpc) is 3.06. The molecule has 35 heavy (non-hydrogen) atoms. The van der Waals surface area contributed by atoms with E-state index >= 15 is 0 Å². The Morgan fingerprint density at radius 1 is 1.14 bits per heavy atom. The Labute approximate surface area is 203 Å². The number of hydrogen-bond acceptors (Lipinski definition) is 6. The van der Waals surface area contributed by atoms with Crippen molar-refractivity contribution >= 4 is 27.9 Å². The van der Waals surface area contributed by atoms with Crippen molar-refractivity contribution in [2.24, 2.45) is 5.73 Å². The molecule has 1 fully saturated rings. The van der Waals surface area contributed by atoms with Crippen LogP contribution in [0, 0.1) is 11.8 Å². The molecule has 184 valence electrons. The molecule has 11 heteroatoms. The molecule has 1 aliphatic rings. The topological polar surface area (TPSA) is 144 Å². The lowest BCUT2D eigenvalue weighted by atomic mass is 10.2. The molecule has 3 amide bonds. The van der Waals surface area contributed by atoms with Crippen LogP contribution in [0.15, 0.2) is 59.5 Å². The number of rotatable bonds is 6. The average molecular weight is 501 g/mol. The van der Waals surface area contributed by atoms with Crippen molar-refractivity contribution in [2.45, 2.75) is 24.3 Å². The summed E-state index contributed by atoms with van der Waals surface area (Å²) in [6, 6.07) is 10.3. The third-order valence-corrected chi connectivity index (χ3v) is 8.16. The van der Waals surface area contributed by atoms with Crippen LogP contribution in [0.3, 0.4) is 0 Å². The van der Waals surface area contributed by atoms with Gasteiger partial charge in [-0.1, -0.05) is 24.1 Å². The quantitative estimate of drug-likeness (QED) is 0.453. The number of nitrogens with zero attached hydrogens (tertiary/aromatic N) is 2. The van der Waals surface area contributed by atoms with E-state index in [0.29, 0.717) is 11.3 Å². The summed E-state index contributed by atoms with van der Waals surface area (Å²) in [4.78, 5) is 39.1. The normalized spacial score (nSPS) is 20.1. The molecule has 1 saturated heterocycles. The van der Waals surface area contributed by atoms with E-state index in [4.69, 9.17) is 10.5 Å². The molecule has 0 saturated carbocycles. The van der Waals surface area contributed by atoms with E-state index in [9.17, 15) is 27.9 Å². The predicted molar refractivity (Wildman–Crippen MR) is 126 cm³/mol. The molecule has 2 atom stereocenters. The minimum absolute atomic E-state index is 0.0431. The number of nitrogens with two attached hydrogens (primary N) is 1. The number of aliphatic carboxylic acids is 1. The SMILES string of the molecule is CC#CCOc1ccc(S(=O)(=O)[N+]2(C(N)=O)CCCN(C(=O)c3ccccc3)CC2C(=O)O)cc1. The fourth-order valence-electron chi connectivity index (χ4n) is 4.05. The molecule has 0 aromatic heterocycles. The number of quaternary nitrogens is 1. The molecule has 10 nitrogen and oxygen atoms in total. The fourth-order valence-corrected chi connectivity index (χ4v) is 6.00. The zero-order valence-electron chi connectivity index (χ0n) is 19.1. The number of carboxylic acids is 1. The Bertz CT molecular complexity index is 1270. The van der Waals surface area contributed by atoms with Crippen LogP contribution in [0.4, 0.5) is 4.79 Å². The van der Waals surface area contributed by atoms with Gasteiger partial charge in [-0.15, -0.1) is 9.81 Å². The van der Waals surface area contributed by atoms with E-state index in [1.807, 2.05) is 0 Å². The summed E-state index contributed by atoms with van der Waals surface area (Å²) in [6.45, 7) is 0.905. The smallest absolute Gasteiger partial charge is 0.430 e. The number of hydrogen-bond donors (Lipinski definition) is 2. The maximum Gasteiger partial charge on any atom is 0.430 e. The van der Waals surface area contributed by atoms with E-state index in [0.717, 1.165) is 0 Å². The Morgan fingerprint density at radius 2 is 1.80 bits per heavy atom. The highest BCUT2D eigenvalue weighted by Crippen LogP contribution is 2.32. The third-order valence-electron chi connectivity index (χ3n) is 5.82. The number of carbonyl (C=O) groups excluding carboxylic acids is 2. The molecule has 2 aromatic carbocycles. The van der Waals surface area contributed by atoms with Gasteiger partial charge in [0.05, 0.1) is 6.54 Å². The highest BCUT2D eigenvalue weighted by Gasteiger charge is 2.59. The maximum atomic E-state index is 13.8. The maximum absolute atomic E-state index is 13.8. The first-order valence-electron chi connectivity index (χ1n) is 10.8. The van der Waals surface area contributed by atoms with Crippen LogP contribution < -0.4 is 10.5 Å². The number of urea groups is 1. The van der Waals surface area contributed by atoms with Crippen molar-refractivity contribution in [3.8, 4) is 17.6 Å². The van der Waals surface area contributed by atoms with Gasteiger partial charge in [0.25, 0.3) is 5.91 Å². The van der Waals surface area contributed by atoms with Gasteiger partial charge in [0, 0.05) is 18.5 Å². The molecular weight excluding hydrogens is 474 g/mol. The fraction of sp³-hybridized carbons (Fsp3) is 0.292. The lowest BCUT2D eigenvalue weighted by Crippen LogP contribution is -2.68. The minimum atomic E-state index is -4.64. The van der Waals surface area contributed by atoms with Crippen molar-refractivity contribution in [3.63, 3.8) is 0 Å². The molecule has 0 bridgehead atoms. The highest BCUT2D eigenvalue weighted by molar-refractivity contribution is 7.86. The third kappa shape index (κ3) is 4.99. The molecule has 0 radical (unpaired) electrons. The second-order valence-corrected chi connectivity index (χ2v) is 9.92. The number of carboxylic acid groups (broad SMARTS) is 1. The van der Waals surface area contributed by atoms with Crippen LogP contribution >= 0.6 is 0 Å². The number of ether oxygens (including phenoxy) is 1. The lowest BCUT2D eigenvalue weighted by Gasteiger charge is -2.36. The van der Waals surface area contributed by atoms with Gasteiger partial charge in [0.1, 0.15) is 23.8 Å². The van der Waals surface area contributed by atoms with Gasteiger partial charge in [0.15, 0.2) is 0 Å². The van der Waals surface area contributed by atoms with Gasteiger partial charge in [0.2, 0.25) is 6.04 Å². The van der Waals surface area contributed by atoms with Crippen molar-refractivity contribution in [1.29, 1.82) is 0 Å². The largest absolute Gasteiger partial charge is 0.481 e. The minimum Gasteiger partial charge on any atom is -0.481 e. The van der Waals surface area contributed by atoms with Crippen LogP contribution in [-0.2, 0) is 14.8 Å². The van der Waals surface area contributed by atoms with Gasteiger partial charge >= 0.3 is 22.0 Å². The van der Waals surface area contributed by atoms with Crippen LogP contribution in [-0.4, -0.2) is 72.5 Å². The predicted octanol–water partition coefficient (Wildman–Crippen LogP) is 1.67. The van der Waals surface area contributed by atoms with Crippen molar-refractivity contribution in [3.05, 3.63) is 60.2 Å². The van der Waals surface area contributed by atoms with E-state index in [2.05, 4.69) is 11.8 Å². The molecule has 0 spiro atoms. The summed E-state index contributed by atoms with van der Waals surface area (Å²) in [5.74, 6) is 3.71. The Hall–Kier alpha value is -3.88. The van der Waals surface area contributed by atoms with Crippen molar-refractivity contribution < 1.29 is 36.5 Å². The molecular formula is C24H26N3O7S+. The Kier molecular flexibility index (Phi) is 7.78. The monoisotopic (exact) mass is 500 g/mol. The van der Waals surface area contributed by atoms with E-state index in [1.54, 1.807) is 37.3 Å². The Balaban J connectivity index is 2.01. The Morgan fingerprint density at radius 3 is 2.37 bits per heavy atom. The molecule has 3 rings (SSSR count). The number of benzene rings is 2. The summed E-state index contributed by atoms with van der Waals surface area (Å²) in [6.07, 6.45) is 0.0431. The summed E-state index contributed by atoms with van der Waals surface area (Å²) >= 11 is 0. The van der Waals surface area contributed by atoms with E-state index in [1.165, 1.54) is 29.2 Å². The lowest BCUT2D eigenvalue weighted by molar-refractivity contribution is -0.738. The van der Waals surface area contributed by atoms with Gasteiger partial charge < -0.3 is 20.5 Å². The summed E-state index contributed by atoms with van der Waals surface area (Å²) < 4.78 is 31.4.